The second-order valence-electron chi connectivity index (χ2n) is 6.78. The van der Waals surface area contributed by atoms with Gasteiger partial charge in [-0.3, -0.25) is 0 Å². The second-order valence-corrected chi connectivity index (χ2v) is 9.58. The van der Waals surface area contributed by atoms with E-state index in [2.05, 4.69) is 130 Å². The van der Waals surface area contributed by atoms with Crippen molar-refractivity contribution in [2.45, 2.75) is 5.16 Å². The van der Waals surface area contributed by atoms with Crippen LogP contribution in [0.3, 0.4) is 0 Å². The summed E-state index contributed by atoms with van der Waals surface area (Å²) in [6.45, 7) is 0. The molecule has 29 heavy (non-hydrogen) atoms. The van der Waals surface area contributed by atoms with Crippen LogP contribution in [0.5, 0.6) is 0 Å². The number of rotatable bonds is 4. The van der Waals surface area contributed by atoms with Gasteiger partial charge in [0.05, 0.1) is 5.16 Å². The predicted molar refractivity (Wildman–Crippen MR) is 130 cm³/mol. The van der Waals surface area contributed by atoms with Crippen LogP contribution >= 0.6 is 17.2 Å². The lowest BCUT2D eigenvalue weighted by Gasteiger charge is -2.25. The molecule has 4 aromatic carbocycles. The van der Waals surface area contributed by atoms with Gasteiger partial charge in [-0.2, -0.15) is 0 Å². The van der Waals surface area contributed by atoms with Gasteiger partial charge >= 0.3 is 0 Å². The van der Waals surface area contributed by atoms with Crippen molar-refractivity contribution in [1.29, 1.82) is 0 Å². The van der Waals surface area contributed by atoms with Gasteiger partial charge < -0.3 is 0 Å². The van der Waals surface area contributed by atoms with E-state index in [1.54, 1.807) is 0 Å². The van der Waals surface area contributed by atoms with Crippen molar-refractivity contribution in [3.05, 3.63) is 132 Å². The standard InChI is InChI=1S/C27H22P2/c28-27(23-13-5-1-6-14-23,24-15-7-2-8-16-24)21-22-29(25-17-9-3-10-18-25)26-19-11-4-12-20-26/h1-20H,28H2. The summed E-state index contributed by atoms with van der Waals surface area (Å²) in [5, 5.41) is 2.09. The molecule has 0 fully saturated rings. The molecule has 1 atom stereocenters. The first kappa shape index (κ1) is 19.6. The van der Waals surface area contributed by atoms with E-state index >= 15 is 0 Å². The molecule has 1 unspecified atom stereocenters. The topological polar surface area (TPSA) is 0 Å². The van der Waals surface area contributed by atoms with E-state index in [4.69, 9.17) is 0 Å². The summed E-state index contributed by atoms with van der Waals surface area (Å²) >= 11 is 0. The van der Waals surface area contributed by atoms with Gasteiger partial charge in [0.15, 0.2) is 0 Å². The van der Waals surface area contributed by atoms with E-state index in [1.165, 1.54) is 21.7 Å². The van der Waals surface area contributed by atoms with Gasteiger partial charge in [-0.15, -0.1) is 9.24 Å². The van der Waals surface area contributed by atoms with Gasteiger partial charge in [-0.1, -0.05) is 133 Å². The third kappa shape index (κ3) is 4.49. The summed E-state index contributed by atoms with van der Waals surface area (Å²) < 4.78 is 0. The molecule has 0 aliphatic rings. The van der Waals surface area contributed by atoms with Gasteiger partial charge in [-0.25, -0.2) is 0 Å². The molecule has 0 radical (unpaired) electrons. The van der Waals surface area contributed by atoms with Crippen molar-refractivity contribution >= 4 is 27.8 Å². The fraction of sp³-hybridized carbons (Fsp3) is 0.0370. The summed E-state index contributed by atoms with van der Waals surface area (Å²) in [5.74, 6) is 3.67. The van der Waals surface area contributed by atoms with Crippen LogP contribution in [0.2, 0.25) is 0 Å². The van der Waals surface area contributed by atoms with Crippen molar-refractivity contribution in [3.63, 3.8) is 0 Å². The average molecular weight is 408 g/mol. The van der Waals surface area contributed by atoms with Crippen LogP contribution in [-0.2, 0) is 5.16 Å². The summed E-state index contributed by atoms with van der Waals surface area (Å²) in [5.41, 5.74) is 6.04. The number of hydrogen-bond donors (Lipinski definition) is 0. The molecule has 0 spiro atoms. The third-order valence-corrected chi connectivity index (χ3v) is 7.63. The Morgan fingerprint density at radius 3 is 1.24 bits per heavy atom. The normalized spacial score (nSPS) is 11.0. The highest BCUT2D eigenvalue weighted by Crippen LogP contribution is 2.40. The maximum atomic E-state index is 3.68. The van der Waals surface area contributed by atoms with E-state index in [-0.39, 0.29) is 0 Å². The molecule has 0 saturated carbocycles. The Labute approximate surface area is 177 Å². The van der Waals surface area contributed by atoms with E-state index < -0.39 is 13.1 Å². The Balaban J connectivity index is 1.85. The lowest BCUT2D eigenvalue weighted by Crippen LogP contribution is -2.18. The molecule has 0 saturated heterocycles. The SMILES string of the molecule is PC(C#CP(c1ccccc1)c1ccccc1)(c1ccccc1)c1ccccc1. The average Bonchev–Trinajstić information content (AvgIpc) is 2.81. The Morgan fingerprint density at radius 1 is 0.517 bits per heavy atom. The highest BCUT2D eigenvalue weighted by Gasteiger charge is 2.27. The van der Waals surface area contributed by atoms with Gasteiger partial charge in [0.1, 0.15) is 0 Å². The molecule has 2 heteroatoms. The van der Waals surface area contributed by atoms with E-state index in [0.717, 1.165) is 0 Å². The highest BCUT2D eigenvalue weighted by atomic mass is 31.1. The third-order valence-electron chi connectivity index (χ3n) is 4.85. The van der Waals surface area contributed by atoms with Crippen LogP contribution < -0.4 is 10.6 Å². The van der Waals surface area contributed by atoms with Crippen molar-refractivity contribution in [2.24, 2.45) is 0 Å². The fourth-order valence-corrected chi connectivity index (χ4v) is 5.65. The minimum Gasteiger partial charge on any atom is -0.108 e. The lowest BCUT2D eigenvalue weighted by molar-refractivity contribution is 0.979. The Hall–Kier alpha value is -2.70. The van der Waals surface area contributed by atoms with Crippen LogP contribution in [0.1, 0.15) is 11.1 Å². The van der Waals surface area contributed by atoms with Crippen LogP contribution in [0.25, 0.3) is 0 Å². The fourth-order valence-electron chi connectivity index (χ4n) is 3.29. The van der Waals surface area contributed by atoms with Gasteiger partial charge in [0.2, 0.25) is 0 Å². The number of hydrogen-bond acceptors (Lipinski definition) is 0. The summed E-state index contributed by atoms with van der Waals surface area (Å²) in [6, 6.07) is 42.3. The molecular weight excluding hydrogens is 386 g/mol. The Bertz CT molecular complexity index is 1020. The summed E-state index contributed by atoms with van der Waals surface area (Å²) in [4.78, 5) is 0. The number of benzene rings is 4. The zero-order valence-corrected chi connectivity index (χ0v) is 18.1. The molecule has 0 nitrogen and oxygen atoms in total. The smallest absolute Gasteiger partial charge is 0.0950 e. The van der Waals surface area contributed by atoms with E-state index in [1.807, 2.05) is 12.1 Å². The van der Waals surface area contributed by atoms with Crippen molar-refractivity contribution in [2.75, 3.05) is 0 Å². The molecule has 0 aliphatic heterocycles. The van der Waals surface area contributed by atoms with Crippen molar-refractivity contribution in [1.82, 2.24) is 0 Å². The minimum atomic E-state index is -0.770. The molecule has 4 rings (SSSR count). The first-order valence-electron chi connectivity index (χ1n) is 9.60. The first-order valence-corrected chi connectivity index (χ1v) is 11.5. The van der Waals surface area contributed by atoms with Crippen molar-refractivity contribution in [3.8, 4) is 11.6 Å². The molecule has 0 heterocycles. The van der Waals surface area contributed by atoms with Crippen LogP contribution in [0.15, 0.2) is 121 Å². The van der Waals surface area contributed by atoms with Gasteiger partial charge in [0.25, 0.3) is 0 Å². The van der Waals surface area contributed by atoms with Gasteiger partial charge in [0, 0.05) is 7.92 Å². The van der Waals surface area contributed by atoms with E-state index in [0.29, 0.717) is 0 Å². The molecule has 0 bridgehead atoms. The van der Waals surface area contributed by atoms with Crippen LogP contribution in [-0.4, -0.2) is 0 Å². The maximum Gasteiger partial charge on any atom is 0.0950 e. The molecular formula is C27H22P2. The monoisotopic (exact) mass is 408 g/mol. The second kappa shape index (κ2) is 9.20. The lowest BCUT2D eigenvalue weighted by atomic mass is 9.91. The first-order chi connectivity index (χ1) is 14.3. The van der Waals surface area contributed by atoms with Crippen molar-refractivity contribution < 1.29 is 0 Å². The molecule has 0 aliphatic carbocycles. The van der Waals surface area contributed by atoms with Crippen LogP contribution in [0, 0.1) is 11.6 Å². The largest absolute Gasteiger partial charge is 0.108 e. The Morgan fingerprint density at radius 2 is 0.862 bits per heavy atom. The van der Waals surface area contributed by atoms with Crippen LogP contribution in [0.4, 0.5) is 0 Å². The molecule has 0 N–H and O–H groups in total. The highest BCUT2D eigenvalue weighted by molar-refractivity contribution is 7.77. The molecule has 140 valence electrons. The maximum absolute atomic E-state index is 3.68. The quantitative estimate of drug-likeness (QED) is 0.291. The van der Waals surface area contributed by atoms with Gasteiger partial charge in [-0.05, 0) is 21.7 Å². The van der Waals surface area contributed by atoms with E-state index in [9.17, 15) is 0 Å². The molecule has 4 aromatic rings. The zero-order valence-electron chi connectivity index (χ0n) is 16.1. The Kier molecular flexibility index (Phi) is 6.22. The predicted octanol–water partition coefficient (Wildman–Crippen LogP) is 5.90. The summed E-state index contributed by atoms with van der Waals surface area (Å²) in [6.07, 6.45) is 0. The molecule has 0 aromatic heterocycles. The zero-order chi connectivity index (χ0) is 19.9. The summed E-state index contributed by atoms with van der Waals surface area (Å²) in [7, 11) is 2.25. The molecule has 0 amide bonds. The minimum absolute atomic E-state index is 0.452.